The molecular weight excluding hydrogens is 1350 g/mol. The Kier molecular flexibility index (Phi) is 24.9. The molecule has 0 spiro atoms. The number of halogens is 7. The molecule has 5 N–H and O–H groups in total. The van der Waals surface area contributed by atoms with Crippen LogP contribution in [0.2, 0.25) is 15.1 Å². The quantitative estimate of drug-likeness (QED) is 0.0648. The molecule has 0 saturated carbocycles. The third-order valence-electron chi connectivity index (χ3n) is 14.4. The van der Waals surface area contributed by atoms with Crippen molar-refractivity contribution >= 4 is 127 Å². The van der Waals surface area contributed by atoms with Crippen molar-refractivity contribution in [3.8, 4) is 0 Å². The van der Waals surface area contributed by atoms with Crippen molar-refractivity contribution in [3.63, 3.8) is 0 Å². The predicted molar refractivity (Wildman–Crippen MR) is 367 cm³/mol. The van der Waals surface area contributed by atoms with Crippen LogP contribution in [0.4, 0.5) is 13.2 Å². The second kappa shape index (κ2) is 32.9. The molecule has 0 aliphatic carbocycles. The molecule has 94 heavy (non-hydrogen) atoms. The summed E-state index contributed by atoms with van der Waals surface area (Å²) in [7, 11) is 0. The summed E-state index contributed by atoms with van der Waals surface area (Å²) in [6.45, 7) is 14.2. The number of hydrogen-bond acceptors (Lipinski definition) is 16. The highest BCUT2D eigenvalue weighted by atomic mass is 35.5. The SMILES string of the molecule is CC(=O)Cl.CC(=O)N1C(c2cncs2)=N[C@@H](c2ccc(F)cc2Cl)C(C(=O)N[C@@H](C)c2ccccc2)=C1C.CC1=C(C(=O)N[C@@H](C)c2ccccc2)[C@H](c2ccc(F)cc2Cl)N=C(c2cncs2)N1.CCNC(=O)C1=C(C)NC(c2cncs2)=N[C@H]1c1ccc(F)cc1Cl. The third-order valence-corrected chi connectivity index (χ3v) is 17.7. The van der Waals surface area contributed by atoms with E-state index in [0.717, 1.165) is 20.9 Å². The van der Waals surface area contributed by atoms with Crippen LogP contribution >= 0.6 is 80.4 Å². The maximum atomic E-state index is 13.8. The normalized spacial score (nSPS) is 16.5. The maximum Gasteiger partial charge on any atom is 0.251 e. The molecule has 3 aliphatic rings. The number of carbonyl (C=O) groups excluding carboxylic acids is 5. The van der Waals surface area contributed by atoms with Crippen LogP contribution in [0, 0.1) is 17.5 Å². The lowest BCUT2D eigenvalue weighted by Crippen LogP contribution is -2.42. The zero-order valence-corrected chi connectivity index (χ0v) is 57.0. The molecule has 8 aromatic rings. The van der Waals surface area contributed by atoms with Crippen molar-refractivity contribution in [1.29, 1.82) is 0 Å². The van der Waals surface area contributed by atoms with E-state index in [-0.39, 0.29) is 55.7 Å². The van der Waals surface area contributed by atoms with E-state index in [1.54, 1.807) is 54.2 Å². The molecular formula is C67H61Cl4F3N12O5S3. The Bertz CT molecular complexity index is 4270. The highest BCUT2D eigenvalue weighted by Crippen LogP contribution is 2.41. The lowest BCUT2D eigenvalue weighted by atomic mass is 9.93. The molecule has 4 amide bonds. The van der Waals surface area contributed by atoms with Gasteiger partial charge in [-0.2, -0.15) is 0 Å². The summed E-state index contributed by atoms with van der Waals surface area (Å²) in [5, 5.41) is 15.4. The molecule has 0 saturated heterocycles. The van der Waals surface area contributed by atoms with Gasteiger partial charge in [0.1, 0.15) is 47.2 Å². The van der Waals surface area contributed by atoms with E-state index in [1.807, 2.05) is 95.3 Å². The molecule has 3 aromatic heterocycles. The smallest absolute Gasteiger partial charge is 0.251 e. The largest absolute Gasteiger partial charge is 0.352 e. The van der Waals surface area contributed by atoms with E-state index in [1.165, 1.54) is 95.2 Å². The maximum absolute atomic E-state index is 13.8. The summed E-state index contributed by atoms with van der Waals surface area (Å²) >= 11 is 27.8. The number of carbonyl (C=O) groups is 5. The van der Waals surface area contributed by atoms with Crippen molar-refractivity contribution in [1.82, 2.24) is 46.4 Å². The van der Waals surface area contributed by atoms with Gasteiger partial charge in [-0.05, 0) is 101 Å². The molecule has 17 nitrogen and oxygen atoms in total. The molecule has 27 heteroatoms. The molecule has 486 valence electrons. The zero-order chi connectivity index (χ0) is 67.9. The van der Waals surface area contributed by atoms with Gasteiger partial charge in [0.2, 0.25) is 11.1 Å². The number of amidine groups is 3. The predicted octanol–water partition coefficient (Wildman–Crippen LogP) is 14.8. The van der Waals surface area contributed by atoms with E-state index in [4.69, 9.17) is 44.8 Å². The van der Waals surface area contributed by atoms with Gasteiger partial charge in [-0.15, -0.1) is 34.0 Å². The number of rotatable bonds is 14. The van der Waals surface area contributed by atoms with E-state index < -0.39 is 41.5 Å². The first-order valence-electron chi connectivity index (χ1n) is 28.8. The number of aromatic nitrogens is 3. The first kappa shape index (κ1) is 71.2. The Hall–Kier alpha value is -8.68. The molecule has 6 heterocycles. The van der Waals surface area contributed by atoms with Crippen LogP contribution in [0.15, 0.2) is 199 Å². The minimum Gasteiger partial charge on any atom is -0.352 e. The summed E-state index contributed by atoms with van der Waals surface area (Å²) in [6.07, 6.45) is 5.01. The standard InChI is InChI=1S/C25H22ClFN4O2S.C23H20ClFN4OS.C17H16ClFN4OS.C2H3ClO/c1-14(17-7-5-4-6-8-17)29-25(33)22-15(2)31(16(3)32)24(21-12-28-13-34-21)30-23(22)19-10-9-18(27)11-20(19)26;1-13(15-6-4-3-5-7-15)28-23(30)20-14(2)27-22(19-11-26-12-31-19)29-21(20)17-9-8-16(25)10-18(17)24;1-3-21-17(24)14-9(2)22-16(13-7-20-8-25-13)23-15(14)11-5-4-10(19)6-12(11)18;1-2(3)4/h4-14,23H,1-3H3,(H,29,33);3-13,21H,1-2H3,(H,27,29)(H,28,30);4-8,15H,3H2,1-2H3,(H,21,24)(H,22,23);1H3/t14-,23-;13-,21-;15-;/m000./s1. The van der Waals surface area contributed by atoms with Gasteiger partial charge in [0.15, 0.2) is 5.84 Å². The third kappa shape index (κ3) is 17.8. The molecule has 0 unspecified atom stereocenters. The zero-order valence-electron chi connectivity index (χ0n) is 51.6. The summed E-state index contributed by atoms with van der Waals surface area (Å²) < 4.78 is 40.9. The molecule has 11 rings (SSSR count). The Balaban J connectivity index is 0.000000177. The number of amides is 4. The van der Waals surface area contributed by atoms with Crippen LogP contribution in [0.25, 0.3) is 0 Å². The Morgan fingerprint density at radius 2 is 0.904 bits per heavy atom. The first-order valence-corrected chi connectivity index (χ1v) is 33.0. The van der Waals surface area contributed by atoms with Crippen LogP contribution in [-0.2, 0) is 24.0 Å². The average molecular weight is 1410 g/mol. The fraction of sp³-hybridized carbons (Fsp3) is 0.209. The number of nitrogens with zero attached hydrogens (tertiary/aromatic N) is 7. The van der Waals surface area contributed by atoms with Crippen LogP contribution in [0.5, 0.6) is 0 Å². The number of thiazole rings is 3. The highest BCUT2D eigenvalue weighted by Gasteiger charge is 2.38. The first-order chi connectivity index (χ1) is 44.9. The number of aliphatic imine (C=N–C) groups is 3. The van der Waals surface area contributed by atoms with Gasteiger partial charge in [-0.3, -0.25) is 58.8 Å². The van der Waals surface area contributed by atoms with Crippen molar-refractivity contribution in [2.45, 2.75) is 85.6 Å². The summed E-state index contributed by atoms with van der Waals surface area (Å²) in [4.78, 5) is 91.6. The average Bonchev–Trinajstić information content (AvgIpc) is 0.953. The minimum absolute atomic E-state index is 0.142. The topological polar surface area (TPSA) is 224 Å². The molecule has 0 radical (unpaired) electrons. The molecule has 5 atom stereocenters. The van der Waals surface area contributed by atoms with Crippen molar-refractivity contribution < 1.29 is 37.1 Å². The van der Waals surface area contributed by atoms with Crippen molar-refractivity contribution in [3.05, 3.63) is 259 Å². The molecule has 5 aromatic carbocycles. The van der Waals surface area contributed by atoms with Gasteiger partial charge in [0, 0.05) is 87.8 Å². The minimum atomic E-state index is -0.844. The van der Waals surface area contributed by atoms with Crippen LogP contribution in [-0.4, -0.2) is 72.8 Å². The van der Waals surface area contributed by atoms with E-state index in [9.17, 15) is 37.1 Å². The Morgan fingerprint density at radius 3 is 1.26 bits per heavy atom. The monoisotopic (exact) mass is 1410 g/mol. The van der Waals surface area contributed by atoms with Crippen LogP contribution in [0.3, 0.4) is 0 Å². The summed E-state index contributed by atoms with van der Waals surface area (Å²) in [5.74, 6) is -0.988. The lowest BCUT2D eigenvalue weighted by molar-refractivity contribution is -0.124. The van der Waals surface area contributed by atoms with Gasteiger partial charge in [-0.25, -0.2) is 13.2 Å². The second-order valence-corrected chi connectivity index (χ2v) is 25.3. The van der Waals surface area contributed by atoms with Crippen LogP contribution < -0.4 is 26.6 Å². The molecule has 0 bridgehead atoms. The van der Waals surface area contributed by atoms with Gasteiger partial charge in [0.05, 0.1) is 60.0 Å². The number of hydrogen-bond donors (Lipinski definition) is 5. The van der Waals surface area contributed by atoms with E-state index >= 15 is 0 Å². The van der Waals surface area contributed by atoms with E-state index in [2.05, 4.69) is 58.1 Å². The van der Waals surface area contributed by atoms with E-state index in [0.29, 0.717) is 73.9 Å². The fourth-order valence-corrected chi connectivity index (χ4v) is 12.6. The number of allylic oxidation sites excluding steroid dienone is 3. The van der Waals surface area contributed by atoms with Crippen LogP contribution in [0.1, 0.15) is 128 Å². The van der Waals surface area contributed by atoms with Gasteiger partial charge in [0.25, 0.3) is 17.7 Å². The van der Waals surface area contributed by atoms with Gasteiger partial charge >= 0.3 is 0 Å². The summed E-state index contributed by atoms with van der Waals surface area (Å²) in [5.41, 5.74) is 11.5. The fourth-order valence-electron chi connectivity index (χ4n) is 10.1. The second-order valence-electron chi connectivity index (χ2n) is 20.9. The number of benzene rings is 5. The number of likely N-dealkylation sites (N-methyl/N-ethyl adjacent to an activating group) is 1. The van der Waals surface area contributed by atoms with Crippen molar-refractivity contribution in [2.75, 3.05) is 6.54 Å². The Labute approximate surface area is 572 Å². The lowest BCUT2D eigenvalue weighted by Gasteiger charge is -2.33. The molecule has 3 aliphatic heterocycles. The number of nitrogens with one attached hydrogen (secondary N) is 5. The molecule has 0 fully saturated rings. The van der Waals surface area contributed by atoms with Gasteiger partial charge in [-0.1, -0.05) is 114 Å². The summed E-state index contributed by atoms with van der Waals surface area (Å²) in [6, 6.07) is 28.8. The Morgan fingerprint density at radius 1 is 0.543 bits per heavy atom. The highest BCUT2D eigenvalue weighted by molar-refractivity contribution is 7.12. The van der Waals surface area contributed by atoms with Gasteiger partial charge < -0.3 is 26.6 Å². The van der Waals surface area contributed by atoms with Crippen molar-refractivity contribution in [2.24, 2.45) is 15.0 Å².